The molecule has 0 amide bonds. The maximum Gasteiger partial charge on any atom is 0.123 e. The van der Waals surface area contributed by atoms with Crippen molar-refractivity contribution in [2.75, 3.05) is 39.3 Å². The Hall–Kier alpha value is -1.10. The molecule has 2 rings (SSSR count). The van der Waals surface area contributed by atoms with Crippen LogP contribution < -0.4 is 10.1 Å². The molecule has 2 unspecified atom stereocenters. The molecular formula is C20H34N2O2. The Morgan fingerprint density at radius 2 is 1.83 bits per heavy atom. The van der Waals surface area contributed by atoms with Crippen LogP contribution in [0, 0.1) is 12.8 Å². The van der Waals surface area contributed by atoms with E-state index in [-0.39, 0.29) is 5.92 Å². The highest BCUT2D eigenvalue weighted by atomic mass is 16.5. The second kappa shape index (κ2) is 8.84. The molecule has 1 aromatic rings. The number of aryl methyl sites for hydroxylation is 1. The van der Waals surface area contributed by atoms with E-state index in [1.165, 1.54) is 5.56 Å². The van der Waals surface area contributed by atoms with E-state index in [4.69, 9.17) is 4.74 Å². The minimum Gasteiger partial charge on any atom is -0.494 e. The van der Waals surface area contributed by atoms with E-state index in [1.807, 2.05) is 6.92 Å². The van der Waals surface area contributed by atoms with Gasteiger partial charge >= 0.3 is 0 Å². The second-order valence-corrected chi connectivity index (χ2v) is 7.31. The molecule has 0 radical (unpaired) electrons. The third-order valence-electron chi connectivity index (χ3n) is 4.93. The first-order valence-electron chi connectivity index (χ1n) is 9.32. The lowest BCUT2D eigenvalue weighted by Crippen LogP contribution is -2.45. The first kappa shape index (κ1) is 19.2. The highest BCUT2D eigenvalue weighted by Gasteiger charge is 2.23. The van der Waals surface area contributed by atoms with Crippen LogP contribution in [0.25, 0.3) is 0 Å². The van der Waals surface area contributed by atoms with Crippen molar-refractivity contribution in [2.24, 2.45) is 5.92 Å². The van der Waals surface area contributed by atoms with Gasteiger partial charge in [-0.25, -0.2) is 0 Å². The van der Waals surface area contributed by atoms with Crippen molar-refractivity contribution in [2.45, 2.75) is 46.6 Å². The number of nitrogens with zero attached hydrogens (tertiary/aromatic N) is 1. The maximum atomic E-state index is 10.9. The predicted molar refractivity (Wildman–Crippen MR) is 99.9 cm³/mol. The molecule has 1 saturated heterocycles. The van der Waals surface area contributed by atoms with Crippen LogP contribution in [-0.2, 0) is 0 Å². The molecule has 136 valence electrons. The normalized spacial score (nSPS) is 18.6. The fraction of sp³-hybridized carbons (Fsp3) is 0.700. The lowest BCUT2D eigenvalue weighted by Gasteiger charge is -2.32. The molecule has 0 spiro atoms. The minimum atomic E-state index is -0.437. The van der Waals surface area contributed by atoms with Gasteiger partial charge in [-0.2, -0.15) is 0 Å². The summed E-state index contributed by atoms with van der Waals surface area (Å²) in [5.41, 5.74) is 3.35. The molecule has 1 aliphatic heterocycles. The van der Waals surface area contributed by atoms with Crippen LogP contribution in [0.5, 0.6) is 5.75 Å². The van der Waals surface area contributed by atoms with E-state index >= 15 is 0 Å². The topological polar surface area (TPSA) is 44.7 Å². The first-order valence-corrected chi connectivity index (χ1v) is 9.32. The van der Waals surface area contributed by atoms with Gasteiger partial charge in [0.1, 0.15) is 5.75 Å². The van der Waals surface area contributed by atoms with Gasteiger partial charge in [0.2, 0.25) is 0 Å². The number of hydrogen-bond donors (Lipinski definition) is 2. The maximum absolute atomic E-state index is 10.9. The summed E-state index contributed by atoms with van der Waals surface area (Å²) in [6.07, 6.45) is -0.437. The Morgan fingerprint density at radius 3 is 2.42 bits per heavy atom. The highest BCUT2D eigenvalue weighted by Crippen LogP contribution is 2.34. The molecule has 2 atom stereocenters. The van der Waals surface area contributed by atoms with Gasteiger partial charge in [-0.1, -0.05) is 20.8 Å². The fourth-order valence-corrected chi connectivity index (χ4v) is 3.47. The van der Waals surface area contributed by atoms with E-state index in [0.717, 1.165) is 49.6 Å². The molecule has 2 N–H and O–H groups in total. The molecule has 1 fully saturated rings. The Morgan fingerprint density at radius 1 is 1.17 bits per heavy atom. The molecule has 0 aromatic heterocycles. The zero-order chi connectivity index (χ0) is 17.7. The van der Waals surface area contributed by atoms with Gasteiger partial charge in [-0.05, 0) is 54.5 Å². The second-order valence-electron chi connectivity index (χ2n) is 7.31. The van der Waals surface area contributed by atoms with E-state index < -0.39 is 6.10 Å². The average molecular weight is 335 g/mol. The molecule has 4 heteroatoms. The monoisotopic (exact) mass is 334 g/mol. The molecule has 4 nitrogen and oxygen atoms in total. The van der Waals surface area contributed by atoms with Gasteiger partial charge in [-0.3, -0.25) is 0 Å². The van der Waals surface area contributed by atoms with E-state index in [9.17, 15) is 5.11 Å². The van der Waals surface area contributed by atoms with Crippen LogP contribution >= 0.6 is 0 Å². The van der Waals surface area contributed by atoms with Crippen molar-refractivity contribution in [1.29, 1.82) is 0 Å². The van der Waals surface area contributed by atoms with Gasteiger partial charge in [0.05, 0.1) is 12.7 Å². The number of nitrogens with one attached hydrogen (secondary N) is 1. The molecule has 24 heavy (non-hydrogen) atoms. The SMILES string of the molecule is CCOc1cc(C)c(C(O)C(C)CN2CCNCC2)cc1C(C)C. The lowest BCUT2D eigenvalue weighted by atomic mass is 9.89. The Bertz CT molecular complexity index is 525. The summed E-state index contributed by atoms with van der Waals surface area (Å²) < 4.78 is 5.80. The molecule has 1 aliphatic rings. The van der Waals surface area contributed by atoms with Gasteiger partial charge in [0.25, 0.3) is 0 Å². The van der Waals surface area contributed by atoms with Crippen LogP contribution in [0.3, 0.4) is 0 Å². The summed E-state index contributed by atoms with van der Waals surface area (Å²) >= 11 is 0. The number of aliphatic hydroxyl groups is 1. The average Bonchev–Trinajstić information content (AvgIpc) is 2.55. The van der Waals surface area contributed by atoms with Crippen LogP contribution in [-0.4, -0.2) is 49.3 Å². The largest absolute Gasteiger partial charge is 0.494 e. The third-order valence-corrected chi connectivity index (χ3v) is 4.93. The molecule has 0 bridgehead atoms. The Labute approximate surface area is 147 Å². The van der Waals surface area contributed by atoms with Gasteiger partial charge in [-0.15, -0.1) is 0 Å². The van der Waals surface area contributed by atoms with Crippen molar-refractivity contribution in [3.05, 3.63) is 28.8 Å². The van der Waals surface area contributed by atoms with Crippen LogP contribution in [0.15, 0.2) is 12.1 Å². The summed E-state index contributed by atoms with van der Waals surface area (Å²) in [5, 5.41) is 14.3. The highest BCUT2D eigenvalue weighted by molar-refractivity contribution is 5.45. The third kappa shape index (κ3) is 4.71. The quantitative estimate of drug-likeness (QED) is 0.804. The van der Waals surface area contributed by atoms with Gasteiger partial charge < -0.3 is 20.1 Å². The lowest BCUT2D eigenvalue weighted by molar-refractivity contribution is 0.0836. The van der Waals surface area contributed by atoms with Crippen molar-refractivity contribution < 1.29 is 9.84 Å². The van der Waals surface area contributed by atoms with Crippen molar-refractivity contribution in [3.63, 3.8) is 0 Å². The zero-order valence-electron chi connectivity index (χ0n) is 15.9. The number of aliphatic hydroxyl groups excluding tert-OH is 1. The molecule has 1 heterocycles. The van der Waals surface area contributed by atoms with E-state index in [2.05, 4.69) is 50.0 Å². The predicted octanol–water partition coefficient (Wildman–Crippen LogP) is 3.09. The molecular weight excluding hydrogens is 300 g/mol. The van der Waals surface area contributed by atoms with Crippen LogP contribution in [0.1, 0.15) is 56.4 Å². The van der Waals surface area contributed by atoms with Crippen LogP contribution in [0.4, 0.5) is 0 Å². The Kier molecular flexibility index (Phi) is 7.08. The number of benzene rings is 1. The van der Waals surface area contributed by atoms with E-state index in [1.54, 1.807) is 0 Å². The standard InChI is InChI=1S/C20H34N2O2/c1-6-24-19-11-15(4)18(12-17(19)14(2)3)20(23)16(5)13-22-9-7-21-8-10-22/h11-12,14,16,20-21,23H,6-10,13H2,1-5H3. The number of ether oxygens (including phenoxy) is 1. The smallest absolute Gasteiger partial charge is 0.123 e. The number of hydrogen-bond acceptors (Lipinski definition) is 4. The number of rotatable bonds is 7. The van der Waals surface area contributed by atoms with Gasteiger partial charge in [0.15, 0.2) is 0 Å². The zero-order valence-corrected chi connectivity index (χ0v) is 15.9. The fourth-order valence-electron chi connectivity index (χ4n) is 3.47. The van der Waals surface area contributed by atoms with Crippen molar-refractivity contribution in [3.8, 4) is 5.75 Å². The molecule has 1 aromatic carbocycles. The van der Waals surface area contributed by atoms with Crippen molar-refractivity contribution in [1.82, 2.24) is 10.2 Å². The van der Waals surface area contributed by atoms with Gasteiger partial charge in [0, 0.05) is 32.7 Å². The molecule has 0 saturated carbocycles. The molecule has 0 aliphatic carbocycles. The summed E-state index contributed by atoms with van der Waals surface area (Å²) in [7, 11) is 0. The summed E-state index contributed by atoms with van der Waals surface area (Å²) in [5.74, 6) is 1.54. The van der Waals surface area contributed by atoms with Crippen LogP contribution in [0.2, 0.25) is 0 Å². The minimum absolute atomic E-state index is 0.208. The van der Waals surface area contributed by atoms with Crippen molar-refractivity contribution >= 4 is 0 Å². The van der Waals surface area contributed by atoms with E-state index in [0.29, 0.717) is 12.5 Å². The number of piperazine rings is 1. The summed E-state index contributed by atoms with van der Waals surface area (Å²) in [6.45, 7) is 16.4. The first-order chi connectivity index (χ1) is 11.4. The summed E-state index contributed by atoms with van der Waals surface area (Å²) in [6, 6.07) is 4.25. The Balaban J connectivity index is 2.17. The summed E-state index contributed by atoms with van der Waals surface area (Å²) in [4.78, 5) is 2.44.